The molecule has 0 atom stereocenters. The molecule has 0 aliphatic rings. The maximum absolute atomic E-state index is 5.23. The van der Waals surface area contributed by atoms with Crippen LogP contribution in [0.15, 0.2) is 23.5 Å². The second kappa shape index (κ2) is 4.94. The predicted molar refractivity (Wildman–Crippen MR) is 39.0 cm³/mol. The van der Waals surface area contributed by atoms with Gasteiger partial charge in [-0.05, 0) is 13.1 Å². The van der Waals surface area contributed by atoms with Crippen molar-refractivity contribution in [1.29, 1.82) is 0 Å². The van der Waals surface area contributed by atoms with Crippen LogP contribution in [0.25, 0.3) is 0 Å². The predicted octanol–water partition coefficient (Wildman–Crippen LogP) is 0.209. The number of aliphatic imine (C=N–C) groups is 1. The normalized spacial score (nSPS) is 7.22. The van der Waals surface area contributed by atoms with Crippen molar-refractivity contribution < 1.29 is 0 Å². The van der Waals surface area contributed by atoms with E-state index in [1.54, 1.807) is 13.1 Å². The Bertz CT molecular complexity index is 138. The lowest BCUT2D eigenvalue weighted by Crippen LogP contribution is -2.02. The highest BCUT2D eigenvalue weighted by molar-refractivity contribution is 5.55. The molecule has 3 N–H and O–H groups in total. The molecule has 0 amide bonds. The van der Waals surface area contributed by atoms with Gasteiger partial charge in [-0.2, -0.15) is 0 Å². The Morgan fingerprint density at radius 3 is 3.11 bits per heavy atom. The molecular formula is C6H11N3. The van der Waals surface area contributed by atoms with E-state index in [0.717, 1.165) is 0 Å². The van der Waals surface area contributed by atoms with Crippen LogP contribution in [0.5, 0.6) is 0 Å². The quantitative estimate of drug-likeness (QED) is 0.418. The van der Waals surface area contributed by atoms with E-state index in [1.807, 2.05) is 0 Å². The van der Waals surface area contributed by atoms with Crippen LogP contribution in [-0.2, 0) is 0 Å². The van der Waals surface area contributed by atoms with E-state index >= 15 is 0 Å². The molecular weight excluding hydrogens is 114 g/mol. The first-order valence-corrected chi connectivity index (χ1v) is 2.63. The molecule has 9 heavy (non-hydrogen) atoms. The number of allylic oxidation sites excluding steroid dienone is 1. The van der Waals surface area contributed by atoms with Gasteiger partial charge in [-0.15, -0.1) is 0 Å². The molecule has 3 nitrogen and oxygen atoms in total. The third-order valence-electron chi connectivity index (χ3n) is 0.570. The summed E-state index contributed by atoms with van der Waals surface area (Å²) >= 11 is 0. The Balaban J connectivity index is 3.47. The van der Waals surface area contributed by atoms with E-state index in [1.165, 1.54) is 0 Å². The Labute approximate surface area is 55.0 Å². The fraction of sp³-hybridized carbons (Fsp3) is 0.333. The molecule has 0 aromatic rings. The van der Waals surface area contributed by atoms with Gasteiger partial charge in [-0.25, -0.2) is 4.99 Å². The topological polar surface area (TPSA) is 50.4 Å². The van der Waals surface area contributed by atoms with Gasteiger partial charge in [0.15, 0.2) is 0 Å². The summed E-state index contributed by atoms with van der Waals surface area (Å²) in [7, 11) is 0. The molecule has 3 heteroatoms. The van der Waals surface area contributed by atoms with Crippen LogP contribution < -0.4 is 11.1 Å². The molecule has 50 valence electrons. The van der Waals surface area contributed by atoms with Gasteiger partial charge in [0.1, 0.15) is 6.67 Å². The van der Waals surface area contributed by atoms with Gasteiger partial charge in [0.2, 0.25) is 0 Å². The molecule has 0 bridgehead atoms. The van der Waals surface area contributed by atoms with Gasteiger partial charge < -0.3 is 11.1 Å². The summed E-state index contributed by atoms with van der Waals surface area (Å²) in [5, 5.41) is 2.77. The van der Waals surface area contributed by atoms with E-state index in [0.29, 0.717) is 12.4 Å². The minimum absolute atomic E-state index is 0.484. The zero-order chi connectivity index (χ0) is 7.11. The van der Waals surface area contributed by atoms with Crippen molar-refractivity contribution in [2.75, 3.05) is 6.67 Å². The van der Waals surface area contributed by atoms with E-state index in [2.05, 4.69) is 22.8 Å². The fourth-order valence-electron chi connectivity index (χ4n) is 0.274. The maximum Gasteiger partial charge on any atom is 0.116 e. The van der Waals surface area contributed by atoms with Gasteiger partial charge in [0.05, 0.1) is 5.70 Å². The molecule has 0 aliphatic heterocycles. The summed E-state index contributed by atoms with van der Waals surface area (Å²) in [4.78, 5) is 3.77. The summed E-state index contributed by atoms with van der Waals surface area (Å²) in [6.07, 6.45) is 1.57. The van der Waals surface area contributed by atoms with Crippen molar-refractivity contribution in [2.24, 2.45) is 10.7 Å². The molecule has 0 rings (SSSR count). The summed E-state index contributed by atoms with van der Waals surface area (Å²) < 4.78 is 0. The summed E-state index contributed by atoms with van der Waals surface area (Å²) in [6.45, 7) is 5.66. The average molecular weight is 125 g/mol. The Morgan fingerprint density at radius 2 is 2.67 bits per heavy atom. The number of rotatable bonds is 3. The van der Waals surface area contributed by atoms with Gasteiger partial charge in [0.25, 0.3) is 0 Å². The Kier molecular flexibility index (Phi) is 4.27. The van der Waals surface area contributed by atoms with E-state index < -0.39 is 0 Å². The van der Waals surface area contributed by atoms with Crippen molar-refractivity contribution in [1.82, 2.24) is 5.32 Å². The minimum atomic E-state index is 0.484. The van der Waals surface area contributed by atoms with Crippen molar-refractivity contribution in [2.45, 2.75) is 6.92 Å². The molecule has 0 unspecified atom stereocenters. The number of nitrogens with two attached hydrogens (primary N) is 1. The number of hydrogen-bond donors (Lipinski definition) is 2. The van der Waals surface area contributed by atoms with Gasteiger partial charge in [0, 0.05) is 5.87 Å². The van der Waals surface area contributed by atoms with Gasteiger partial charge in [-0.3, -0.25) is 0 Å². The molecule has 0 aliphatic carbocycles. The van der Waals surface area contributed by atoms with E-state index in [-0.39, 0.29) is 0 Å². The van der Waals surface area contributed by atoms with Crippen molar-refractivity contribution in [3.05, 3.63) is 18.5 Å². The molecule has 0 radical (unpaired) electrons. The highest BCUT2D eigenvalue weighted by Gasteiger charge is 1.68. The largest absolute Gasteiger partial charge is 0.395 e. The highest BCUT2D eigenvalue weighted by Crippen LogP contribution is 1.65. The lowest BCUT2D eigenvalue weighted by molar-refractivity contribution is 0.892. The number of nitrogens with zero attached hydrogens (tertiary/aromatic N) is 1. The summed E-state index contributed by atoms with van der Waals surface area (Å²) in [5.41, 5.74) is 5.82. The first-order valence-electron chi connectivity index (χ1n) is 2.63. The monoisotopic (exact) mass is 125 g/mol. The van der Waals surface area contributed by atoms with Gasteiger partial charge >= 0.3 is 0 Å². The van der Waals surface area contributed by atoms with Crippen LogP contribution in [0, 0.1) is 0 Å². The average Bonchev–Trinajstić information content (AvgIpc) is 1.80. The van der Waals surface area contributed by atoms with Crippen molar-refractivity contribution >= 4 is 5.87 Å². The lowest BCUT2D eigenvalue weighted by atomic mass is 10.6. The SMILES string of the molecule is C=CNCN=C=C(C)N. The third kappa shape index (κ3) is 6.79. The minimum Gasteiger partial charge on any atom is -0.395 e. The summed E-state index contributed by atoms with van der Waals surface area (Å²) in [6, 6.07) is 0. The van der Waals surface area contributed by atoms with Crippen LogP contribution in [0.1, 0.15) is 6.92 Å². The molecule has 0 saturated heterocycles. The van der Waals surface area contributed by atoms with Crippen molar-refractivity contribution in [3.63, 3.8) is 0 Å². The zero-order valence-corrected chi connectivity index (χ0v) is 5.52. The second-order valence-electron chi connectivity index (χ2n) is 1.52. The third-order valence-corrected chi connectivity index (χ3v) is 0.570. The van der Waals surface area contributed by atoms with Crippen LogP contribution in [0.4, 0.5) is 0 Å². The number of nitrogens with one attached hydrogen (secondary N) is 1. The van der Waals surface area contributed by atoms with Crippen LogP contribution in [-0.4, -0.2) is 12.5 Å². The lowest BCUT2D eigenvalue weighted by Gasteiger charge is -1.87. The van der Waals surface area contributed by atoms with Crippen LogP contribution >= 0.6 is 0 Å². The first kappa shape index (κ1) is 7.79. The van der Waals surface area contributed by atoms with Crippen molar-refractivity contribution in [3.8, 4) is 0 Å². The Hall–Kier alpha value is -1.21. The second-order valence-corrected chi connectivity index (χ2v) is 1.52. The Morgan fingerprint density at radius 1 is 2.00 bits per heavy atom. The molecule has 0 heterocycles. The molecule has 0 aromatic carbocycles. The maximum atomic E-state index is 5.23. The first-order chi connectivity index (χ1) is 4.27. The standard InChI is InChI=1S/C6H11N3/c1-3-8-5-9-4-6(2)7/h3,8H,1,5,7H2,2H3. The zero-order valence-electron chi connectivity index (χ0n) is 5.52. The van der Waals surface area contributed by atoms with E-state index in [9.17, 15) is 0 Å². The molecule has 0 saturated carbocycles. The number of hydrogen-bond acceptors (Lipinski definition) is 3. The molecule has 0 spiro atoms. The van der Waals surface area contributed by atoms with E-state index in [4.69, 9.17) is 5.73 Å². The molecule has 0 aromatic heterocycles. The highest BCUT2D eigenvalue weighted by atomic mass is 15.0. The smallest absolute Gasteiger partial charge is 0.116 e. The molecule has 0 fully saturated rings. The van der Waals surface area contributed by atoms with Gasteiger partial charge in [-0.1, -0.05) is 6.58 Å². The fourth-order valence-corrected chi connectivity index (χ4v) is 0.274. The summed E-state index contributed by atoms with van der Waals surface area (Å²) in [5.74, 6) is 2.59. The van der Waals surface area contributed by atoms with Crippen LogP contribution in [0.2, 0.25) is 0 Å². The van der Waals surface area contributed by atoms with Crippen LogP contribution in [0.3, 0.4) is 0 Å².